The lowest BCUT2D eigenvalue weighted by molar-refractivity contribution is -0.119. The summed E-state index contributed by atoms with van der Waals surface area (Å²) in [7, 11) is -1.99. The van der Waals surface area contributed by atoms with E-state index in [4.69, 9.17) is 4.74 Å². The molecule has 150 valence electrons. The molecule has 3 rings (SSSR count). The molecule has 0 aliphatic rings. The molecule has 0 spiro atoms. The second-order valence-corrected chi connectivity index (χ2v) is 8.49. The van der Waals surface area contributed by atoms with Crippen LogP contribution in [0, 0.1) is 6.92 Å². The summed E-state index contributed by atoms with van der Waals surface area (Å²) in [5.41, 5.74) is 7.82. The van der Waals surface area contributed by atoms with Gasteiger partial charge in [-0.25, -0.2) is 8.42 Å². The van der Waals surface area contributed by atoms with Crippen LogP contribution in [0.4, 0.5) is 5.69 Å². The predicted molar refractivity (Wildman–Crippen MR) is 112 cm³/mol. The second kappa shape index (κ2) is 8.79. The molecule has 0 saturated heterocycles. The number of amides is 1. The number of nitrogens with one attached hydrogen (secondary N) is 2. The molecule has 0 bridgehead atoms. The van der Waals surface area contributed by atoms with Crippen molar-refractivity contribution in [2.45, 2.75) is 23.1 Å². The van der Waals surface area contributed by atoms with Gasteiger partial charge in [0.1, 0.15) is 5.75 Å². The van der Waals surface area contributed by atoms with Crippen molar-refractivity contribution in [3.05, 3.63) is 83.9 Å². The Morgan fingerprint density at radius 1 is 0.862 bits per heavy atom. The highest BCUT2D eigenvalue weighted by molar-refractivity contribution is 7.91. The van der Waals surface area contributed by atoms with Crippen molar-refractivity contribution in [2.24, 2.45) is 0 Å². The molecule has 0 saturated carbocycles. The molecule has 3 aromatic rings. The third-order valence-corrected chi connectivity index (χ3v) is 6.15. The molecule has 0 unspecified atom stereocenters. The first kappa shape index (κ1) is 20.4. The van der Waals surface area contributed by atoms with Crippen molar-refractivity contribution in [1.29, 1.82) is 0 Å². The average molecular weight is 410 g/mol. The molecule has 2 N–H and O–H groups in total. The molecule has 0 aromatic heterocycles. The van der Waals surface area contributed by atoms with Crippen molar-refractivity contribution in [1.82, 2.24) is 5.43 Å². The summed E-state index contributed by atoms with van der Waals surface area (Å²) in [6, 6.07) is 20.2. The largest absolute Gasteiger partial charge is 0.497 e. The van der Waals surface area contributed by atoms with Gasteiger partial charge in [-0.05, 0) is 61.0 Å². The van der Waals surface area contributed by atoms with Gasteiger partial charge in [-0.15, -0.1) is 0 Å². The molecule has 0 aliphatic heterocycles. The van der Waals surface area contributed by atoms with Crippen LogP contribution in [0.25, 0.3) is 0 Å². The molecule has 29 heavy (non-hydrogen) atoms. The summed E-state index contributed by atoms with van der Waals surface area (Å²) in [6.45, 7) is 1.90. The summed E-state index contributed by atoms with van der Waals surface area (Å²) in [4.78, 5) is 12.5. The Morgan fingerprint density at radius 3 is 1.97 bits per heavy atom. The molecule has 0 radical (unpaired) electrons. The van der Waals surface area contributed by atoms with E-state index in [-0.39, 0.29) is 22.1 Å². The van der Waals surface area contributed by atoms with E-state index in [0.717, 1.165) is 16.9 Å². The van der Waals surface area contributed by atoms with E-state index in [2.05, 4.69) is 10.9 Å². The highest BCUT2D eigenvalue weighted by Crippen LogP contribution is 2.22. The van der Waals surface area contributed by atoms with Crippen LogP contribution in [0.15, 0.2) is 82.6 Å². The molecule has 6 nitrogen and oxygen atoms in total. The number of carbonyl (C=O) groups excluding carboxylic acids is 1. The normalized spacial score (nSPS) is 11.0. The van der Waals surface area contributed by atoms with Crippen LogP contribution in [-0.4, -0.2) is 21.4 Å². The van der Waals surface area contributed by atoms with Crippen LogP contribution in [0.1, 0.15) is 11.1 Å². The number of hydrogen-bond acceptors (Lipinski definition) is 5. The van der Waals surface area contributed by atoms with Gasteiger partial charge in [0.2, 0.25) is 15.7 Å². The number of hydrogen-bond donors (Lipinski definition) is 2. The van der Waals surface area contributed by atoms with E-state index in [1.54, 1.807) is 55.6 Å². The zero-order valence-corrected chi connectivity index (χ0v) is 17.0. The molecule has 7 heteroatoms. The molecular formula is C22H22N2O4S. The summed E-state index contributed by atoms with van der Waals surface area (Å²) < 4.78 is 30.4. The Balaban J connectivity index is 1.60. The number of anilines is 1. The van der Waals surface area contributed by atoms with E-state index in [9.17, 15) is 13.2 Å². The number of rotatable bonds is 7. The third kappa shape index (κ3) is 5.14. The number of sulfone groups is 1. The molecule has 0 aliphatic carbocycles. The maximum Gasteiger partial charge on any atom is 0.242 e. The molecule has 0 fully saturated rings. The lowest BCUT2D eigenvalue weighted by atomic mass is 10.1. The Bertz CT molecular complexity index is 1080. The predicted octanol–water partition coefficient (Wildman–Crippen LogP) is 3.52. The Kier molecular flexibility index (Phi) is 6.19. The van der Waals surface area contributed by atoms with Gasteiger partial charge in [0.15, 0.2) is 0 Å². The van der Waals surface area contributed by atoms with Crippen molar-refractivity contribution >= 4 is 21.4 Å². The van der Waals surface area contributed by atoms with E-state index in [1.165, 1.54) is 12.1 Å². The third-order valence-electron chi connectivity index (χ3n) is 4.37. The molecule has 0 heterocycles. The first-order chi connectivity index (χ1) is 13.9. The maximum atomic E-state index is 12.7. The minimum Gasteiger partial charge on any atom is -0.497 e. The van der Waals surface area contributed by atoms with Gasteiger partial charge >= 0.3 is 0 Å². The van der Waals surface area contributed by atoms with Crippen molar-refractivity contribution < 1.29 is 17.9 Å². The van der Waals surface area contributed by atoms with Gasteiger partial charge in [-0.2, -0.15) is 0 Å². The first-order valence-corrected chi connectivity index (χ1v) is 10.5. The summed E-state index contributed by atoms with van der Waals surface area (Å²) in [6.07, 6.45) is 0.205. The van der Waals surface area contributed by atoms with Gasteiger partial charge < -0.3 is 4.74 Å². The highest BCUT2D eigenvalue weighted by atomic mass is 32.2. The van der Waals surface area contributed by atoms with Gasteiger partial charge in [0, 0.05) is 0 Å². The molecular weight excluding hydrogens is 388 g/mol. The Labute approximate surface area is 170 Å². The molecule has 1 amide bonds. The summed E-state index contributed by atoms with van der Waals surface area (Å²) in [5.74, 6) is 0.513. The zero-order valence-electron chi connectivity index (χ0n) is 16.2. The standard InChI is InChI=1S/C22H22N2O4S/c1-16-3-11-20(12-4-16)29(26,27)21-13-7-18(8-14-21)23-24-22(25)15-17-5-9-19(28-2)10-6-17/h3-14,23H,15H2,1-2H3,(H,24,25). The second-order valence-electron chi connectivity index (χ2n) is 6.54. The molecule has 0 atom stereocenters. The quantitative estimate of drug-likeness (QED) is 0.582. The SMILES string of the molecule is COc1ccc(CC(=O)NNc2ccc(S(=O)(=O)c3ccc(C)cc3)cc2)cc1. The maximum absolute atomic E-state index is 12.7. The van der Waals surface area contributed by atoms with Gasteiger partial charge in [-0.1, -0.05) is 29.8 Å². The number of hydrazine groups is 1. The highest BCUT2D eigenvalue weighted by Gasteiger charge is 2.17. The summed E-state index contributed by atoms with van der Waals surface area (Å²) >= 11 is 0. The van der Waals surface area contributed by atoms with Crippen LogP contribution < -0.4 is 15.6 Å². The van der Waals surface area contributed by atoms with Crippen LogP contribution in [-0.2, 0) is 21.1 Å². The fourth-order valence-electron chi connectivity index (χ4n) is 2.69. The van der Waals surface area contributed by atoms with Crippen LogP contribution in [0.3, 0.4) is 0 Å². The first-order valence-electron chi connectivity index (χ1n) is 8.98. The van der Waals surface area contributed by atoms with Crippen molar-refractivity contribution in [2.75, 3.05) is 12.5 Å². The fraction of sp³-hybridized carbons (Fsp3) is 0.136. The van der Waals surface area contributed by atoms with E-state index in [0.29, 0.717) is 5.69 Å². The van der Waals surface area contributed by atoms with Crippen molar-refractivity contribution in [3.8, 4) is 5.75 Å². The number of benzene rings is 3. The minimum atomic E-state index is -3.58. The average Bonchev–Trinajstić information content (AvgIpc) is 2.73. The fourth-order valence-corrected chi connectivity index (χ4v) is 3.95. The van der Waals surface area contributed by atoms with E-state index >= 15 is 0 Å². The number of aryl methyl sites for hydroxylation is 1. The lowest BCUT2D eigenvalue weighted by Crippen LogP contribution is -2.30. The summed E-state index contributed by atoms with van der Waals surface area (Å²) in [5, 5.41) is 0. The van der Waals surface area contributed by atoms with Gasteiger partial charge in [-0.3, -0.25) is 15.6 Å². The van der Waals surface area contributed by atoms with Crippen LogP contribution in [0.2, 0.25) is 0 Å². The Morgan fingerprint density at radius 2 is 1.41 bits per heavy atom. The topological polar surface area (TPSA) is 84.5 Å². The van der Waals surface area contributed by atoms with Crippen LogP contribution >= 0.6 is 0 Å². The number of ether oxygens (including phenoxy) is 1. The van der Waals surface area contributed by atoms with E-state index in [1.807, 2.05) is 19.1 Å². The van der Waals surface area contributed by atoms with Crippen LogP contribution in [0.5, 0.6) is 5.75 Å². The Hall–Kier alpha value is -3.32. The van der Waals surface area contributed by atoms with E-state index < -0.39 is 9.84 Å². The lowest BCUT2D eigenvalue weighted by Gasteiger charge is -2.10. The minimum absolute atomic E-state index is 0.191. The smallest absolute Gasteiger partial charge is 0.242 e. The van der Waals surface area contributed by atoms with Crippen molar-refractivity contribution in [3.63, 3.8) is 0 Å². The number of carbonyl (C=O) groups is 1. The van der Waals surface area contributed by atoms with Gasteiger partial charge in [0.25, 0.3) is 0 Å². The monoisotopic (exact) mass is 410 g/mol. The van der Waals surface area contributed by atoms with Gasteiger partial charge in [0.05, 0.1) is 29.0 Å². The zero-order chi connectivity index (χ0) is 20.9. The molecule has 3 aromatic carbocycles. The number of methoxy groups -OCH3 is 1.